The first-order valence-electron chi connectivity index (χ1n) is 9.25. The van der Waals surface area contributed by atoms with Crippen LogP contribution in [0.3, 0.4) is 0 Å². The molecule has 0 fully saturated rings. The summed E-state index contributed by atoms with van der Waals surface area (Å²) in [5.74, 6) is 0.0708. The van der Waals surface area contributed by atoms with Gasteiger partial charge in [-0.15, -0.1) is 5.10 Å². The first kappa shape index (κ1) is 18.8. The standard InChI is InChI=1S/C22H26N4O/c1-6-17-13-18(26-22-10-8-7-9-21(22)23-24-26)14-20(16(3)27)19(17)12-11-15(2)25(4)5/h7-10,13-14H,2,6,11-12H2,1,3-5H3. The zero-order chi connectivity index (χ0) is 19.6. The Balaban J connectivity index is 2.09. The third-order valence-electron chi connectivity index (χ3n) is 4.98. The quantitative estimate of drug-likeness (QED) is 0.591. The molecule has 0 radical (unpaired) electrons. The van der Waals surface area contributed by atoms with Crippen LogP contribution in [-0.4, -0.2) is 39.8 Å². The summed E-state index contributed by atoms with van der Waals surface area (Å²) in [5, 5.41) is 8.54. The Morgan fingerprint density at radius 3 is 2.63 bits per heavy atom. The van der Waals surface area contributed by atoms with E-state index in [1.165, 1.54) is 5.56 Å². The van der Waals surface area contributed by atoms with E-state index >= 15 is 0 Å². The molecule has 140 valence electrons. The highest BCUT2D eigenvalue weighted by atomic mass is 16.1. The van der Waals surface area contributed by atoms with Gasteiger partial charge in [0.05, 0.1) is 11.2 Å². The molecule has 2 aromatic carbocycles. The molecule has 0 aliphatic carbocycles. The smallest absolute Gasteiger partial charge is 0.160 e. The summed E-state index contributed by atoms with van der Waals surface area (Å²) in [4.78, 5) is 14.4. The molecule has 0 bridgehead atoms. The molecule has 0 spiro atoms. The van der Waals surface area contributed by atoms with Crippen molar-refractivity contribution in [2.45, 2.75) is 33.1 Å². The van der Waals surface area contributed by atoms with Crippen LogP contribution in [0, 0.1) is 0 Å². The zero-order valence-electron chi connectivity index (χ0n) is 16.5. The topological polar surface area (TPSA) is 51.0 Å². The SMILES string of the molecule is C=C(CCc1c(CC)cc(-n2nnc3ccccc32)cc1C(C)=O)N(C)C. The summed E-state index contributed by atoms with van der Waals surface area (Å²) in [5.41, 5.74) is 6.74. The average molecular weight is 362 g/mol. The zero-order valence-corrected chi connectivity index (χ0v) is 16.5. The van der Waals surface area contributed by atoms with E-state index in [-0.39, 0.29) is 5.78 Å². The highest BCUT2D eigenvalue weighted by molar-refractivity contribution is 5.96. The fourth-order valence-corrected chi connectivity index (χ4v) is 3.31. The summed E-state index contributed by atoms with van der Waals surface area (Å²) in [6.07, 6.45) is 2.48. The minimum Gasteiger partial charge on any atom is -0.381 e. The number of hydrogen-bond donors (Lipinski definition) is 0. The molecule has 0 aliphatic rings. The van der Waals surface area contributed by atoms with Gasteiger partial charge in [0.15, 0.2) is 5.78 Å². The van der Waals surface area contributed by atoms with Crippen LogP contribution in [0.5, 0.6) is 0 Å². The number of aryl methyl sites for hydroxylation is 1. The van der Waals surface area contributed by atoms with Crippen LogP contribution < -0.4 is 0 Å². The predicted octanol–water partition coefficient (Wildman–Crippen LogP) is 4.19. The van der Waals surface area contributed by atoms with E-state index in [2.05, 4.69) is 29.9 Å². The summed E-state index contributed by atoms with van der Waals surface area (Å²) in [7, 11) is 3.99. The second-order valence-electron chi connectivity index (χ2n) is 6.99. The summed E-state index contributed by atoms with van der Waals surface area (Å²) >= 11 is 0. The fourth-order valence-electron chi connectivity index (χ4n) is 3.31. The molecular weight excluding hydrogens is 336 g/mol. The number of Topliss-reactive ketones (excluding diaryl/α,β-unsaturated/α-hetero) is 1. The van der Waals surface area contributed by atoms with E-state index < -0.39 is 0 Å². The fraction of sp³-hybridized carbons (Fsp3) is 0.318. The molecule has 0 aliphatic heterocycles. The number of carbonyl (C=O) groups excluding carboxylic acids is 1. The van der Waals surface area contributed by atoms with E-state index in [0.717, 1.165) is 52.8 Å². The monoisotopic (exact) mass is 362 g/mol. The van der Waals surface area contributed by atoms with Crippen LogP contribution in [0.4, 0.5) is 0 Å². The second-order valence-corrected chi connectivity index (χ2v) is 6.99. The maximum atomic E-state index is 12.4. The van der Waals surface area contributed by atoms with Crippen LogP contribution in [0.15, 0.2) is 48.7 Å². The number of allylic oxidation sites excluding steroid dienone is 1. The average Bonchev–Trinajstić information content (AvgIpc) is 3.09. The van der Waals surface area contributed by atoms with Crippen molar-refractivity contribution in [2.24, 2.45) is 0 Å². The third-order valence-corrected chi connectivity index (χ3v) is 4.98. The van der Waals surface area contributed by atoms with Crippen LogP contribution in [0.25, 0.3) is 16.7 Å². The van der Waals surface area contributed by atoms with Gasteiger partial charge in [-0.3, -0.25) is 4.79 Å². The van der Waals surface area contributed by atoms with Gasteiger partial charge in [-0.2, -0.15) is 0 Å². The summed E-state index contributed by atoms with van der Waals surface area (Å²) in [6, 6.07) is 11.9. The van der Waals surface area contributed by atoms with Crippen LogP contribution in [-0.2, 0) is 12.8 Å². The highest BCUT2D eigenvalue weighted by Gasteiger charge is 2.16. The Kier molecular flexibility index (Phi) is 5.40. The Labute approximate surface area is 160 Å². The lowest BCUT2D eigenvalue weighted by molar-refractivity contribution is 0.101. The van der Waals surface area contributed by atoms with Gasteiger partial charge < -0.3 is 4.90 Å². The minimum atomic E-state index is 0.0708. The molecule has 3 rings (SSSR count). The molecule has 5 heteroatoms. The van der Waals surface area contributed by atoms with Crippen LogP contribution in [0.1, 0.15) is 41.8 Å². The third kappa shape index (κ3) is 3.77. The lowest BCUT2D eigenvalue weighted by Gasteiger charge is -2.19. The first-order valence-corrected chi connectivity index (χ1v) is 9.25. The number of hydrogen-bond acceptors (Lipinski definition) is 4. The number of benzene rings is 2. The van der Waals surface area contributed by atoms with E-state index in [4.69, 9.17) is 0 Å². The predicted molar refractivity (Wildman–Crippen MR) is 109 cm³/mol. The number of nitrogens with zero attached hydrogens (tertiary/aromatic N) is 4. The van der Waals surface area contributed by atoms with Crippen molar-refractivity contribution < 1.29 is 4.79 Å². The Hall–Kier alpha value is -2.95. The minimum absolute atomic E-state index is 0.0708. The van der Waals surface area contributed by atoms with E-state index in [1.807, 2.05) is 54.0 Å². The Morgan fingerprint density at radius 1 is 1.22 bits per heavy atom. The molecular formula is C22H26N4O. The Morgan fingerprint density at radius 2 is 1.96 bits per heavy atom. The molecule has 0 saturated carbocycles. The largest absolute Gasteiger partial charge is 0.381 e. The number of aromatic nitrogens is 3. The van der Waals surface area contributed by atoms with Gasteiger partial charge in [0, 0.05) is 25.4 Å². The van der Waals surface area contributed by atoms with Crippen LogP contribution in [0.2, 0.25) is 0 Å². The molecule has 0 saturated heterocycles. The van der Waals surface area contributed by atoms with Crippen molar-refractivity contribution in [3.05, 3.63) is 65.4 Å². The van der Waals surface area contributed by atoms with E-state index in [0.29, 0.717) is 0 Å². The van der Waals surface area contributed by atoms with Gasteiger partial charge in [0.1, 0.15) is 5.52 Å². The van der Waals surface area contributed by atoms with Crippen molar-refractivity contribution in [1.82, 2.24) is 19.9 Å². The van der Waals surface area contributed by atoms with Gasteiger partial charge in [-0.1, -0.05) is 30.8 Å². The van der Waals surface area contributed by atoms with Crippen molar-refractivity contribution in [2.75, 3.05) is 14.1 Å². The lowest BCUT2D eigenvalue weighted by atomic mass is 9.92. The normalized spacial score (nSPS) is 11.0. The van der Waals surface area contributed by atoms with Crippen LogP contribution >= 0.6 is 0 Å². The number of fused-ring (bicyclic) bond motifs is 1. The molecule has 3 aromatic rings. The molecule has 5 nitrogen and oxygen atoms in total. The maximum absolute atomic E-state index is 12.4. The first-order chi connectivity index (χ1) is 12.9. The summed E-state index contributed by atoms with van der Waals surface area (Å²) in [6.45, 7) is 7.86. The molecule has 0 N–H and O–H groups in total. The van der Waals surface area contributed by atoms with Crippen molar-refractivity contribution in [1.29, 1.82) is 0 Å². The van der Waals surface area contributed by atoms with Gasteiger partial charge in [0.2, 0.25) is 0 Å². The molecule has 1 aromatic heterocycles. The maximum Gasteiger partial charge on any atom is 0.160 e. The van der Waals surface area contributed by atoms with Gasteiger partial charge >= 0.3 is 0 Å². The van der Waals surface area contributed by atoms with E-state index in [9.17, 15) is 4.79 Å². The Bertz CT molecular complexity index is 1000. The molecule has 0 unspecified atom stereocenters. The lowest BCUT2D eigenvalue weighted by Crippen LogP contribution is -2.13. The molecule has 1 heterocycles. The molecule has 27 heavy (non-hydrogen) atoms. The number of ketones is 1. The second kappa shape index (κ2) is 7.74. The number of rotatable bonds is 7. The number of para-hydroxylation sites is 1. The number of carbonyl (C=O) groups is 1. The van der Waals surface area contributed by atoms with E-state index in [1.54, 1.807) is 6.92 Å². The highest BCUT2D eigenvalue weighted by Crippen LogP contribution is 2.26. The summed E-state index contributed by atoms with van der Waals surface area (Å²) < 4.78 is 1.81. The van der Waals surface area contributed by atoms with Crippen molar-refractivity contribution in [3.63, 3.8) is 0 Å². The van der Waals surface area contributed by atoms with Crippen molar-refractivity contribution >= 4 is 16.8 Å². The van der Waals surface area contributed by atoms with Crippen molar-refractivity contribution in [3.8, 4) is 5.69 Å². The van der Waals surface area contributed by atoms with Gasteiger partial charge in [-0.05, 0) is 61.6 Å². The molecule has 0 amide bonds. The molecule has 0 atom stereocenters. The van der Waals surface area contributed by atoms with Gasteiger partial charge in [0.25, 0.3) is 0 Å². The van der Waals surface area contributed by atoms with Gasteiger partial charge in [-0.25, -0.2) is 4.68 Å².